The van der Waals surface area contributed by atoms with Gasteiger partial charge in [0.15, 0.2) is 0 Å². The van der Waals surface area contributed by atoms with E-state index in [4.69, 9.17) is 4.74 Å². The van der Waals surface area contributed by atoms with Crippen molar-refractivity contribution in [1.82, 2.24) is 19.7 Å². The van der Waals surface area contributed by atoms with Crippen LogP contribution in [0.2, 0.25) is 0 Å². The van der Waals surface area contributed by atoms with E-state index in [2.05, 4.69) is 21.7 Å². The molecule has 1 aromatic rings. The number of piperidine rings is 2. The number of amides is 2. The molecule has 3 saturated heterocycles. The number of carbonyl (C=O) groups is 2. The summed E-state index contributed by atoms with van der Waals surface area (Å²) in [6.45, 7) is 8.64. The summed E-state index contributed by atoms with van der Waals surface area (Å²) in [6.07, 6.45) is 13.7. The molecule has 4 heterocycles. The molecule has 1 saturated carbocycles. The summed E-state index contributed by atoms with van der Waals surface area (Å²) in [5, 5.41) is 2.82. The van der Waals surface area contributed by atoms with Crippen LogP contribution in [0.4, 0.5) is 4.79 Å². The molecule has 0 radical (unpaired) electrons. The average molecular weight is 517 g/mol. The third-order valence-corrected chi connectivity index (χ3v) is 10.0. The van der Waals surface area contributed by atoms with Gasteiger partial charge in [-0.2, -0.15) is 0 Å². The van der Waals surface area contributed by atoms with Crippen LogP contribution < -0.4 is 0 Å². The Balaban J connectivity index is 1.17. The minimum Gasteiger partial charge on any atom is -0.440 e. The zero-order chi connectivity index (χ0) is 25.1. The van der Waals surface area contributed by atoms with Crippen molar-refractivity contribution in [3.63, 3.8) is 0 Å². The van der Waals surface area contributed by atoms with E-state index in [1.54, 1.807) is 0 Å². The van der Waals surface area contributed by atoms with Crippen LogP contribution >= 0.6 is 11.3 Å². The first kappa shape index (κ1) is 26.0. The molecule has 0 bridgehead atoms. The summed E-state index contributed by atoms with van der Waals surface area (Å²) in [6, 6.07) is 0.739. The molecular formula is C28H44N4O3S. The summed E-state index contributed by atoms with van der Waals surface area (Å²) >= 11 is 1.54. The van der Waals surface area contributed by atoms with Crippen LogP contribution in [0.15, 0.2) is 5.38 Å². The highest BCUT2D eigenvalue weighted by molar-refractivity contribution is 7.09. The number of nitrogens with zero attached hydrogens (tertiary/aromatic N) is 4. The van der Waals surface area contributed by atoms with Gasteiger partial charge in [0, 0.05) is 57.0 Å². The lowest BCUT2D eigenvalue weighted by Gasteiger charge is -2.46. The van der Waals surface area contributed by atoms with Gasteiger partial charge >= 0.3 is 6.09 Å². The molecule has 1 unspecified atom stereocenters. The molecule has 1 aliphatic carbocycles. The Kier molecular flexibility index (Phi) is 8.21. The van der Waals surface area contributed by atoms with Gasteiger partial charge in [-0.05, 0) is 44.9 Å². The SMILES string of the molecule is CCCCC1N(CC2CCCCC2)C(=O)OC12CCN(C1CCN(C(=O)c3csc(C)n3)CC1)CC2. The first-order valence-electron chi connectivity index (χ1n) is 14.4. The molecule has 36 heavy (non-hydrogen) atoms. The zero-order valence-corrected chi connectivity index (χ0v) is 23.1. The largest absolute Gasteiger partial charge is 0.440 e. The molecule has 1 spiro atoms. The van der Waals surface area contributed by atoms with Crippen LogP contribution in [0.3, 0.4) is 0 Å². The topological polar surface area (TPSA) is 66.0 Å². The fraction of sp³-hybridized carbons (Fsp3) is 0.821. The predicted molar refractivity (Wildman–Crippen MR) is 142 cm³/mol. The van der Waals surface area contributed by atoms with Gasteiger partial charge in [-0.1, -0.05) is 39.0 Å². The molecule has 0 aromatic carbocycles. The maximum absolute atomic E-state index is 13.1. The lowest BCUT2D eigenvalue weighted by molar-refractivity contribution is -0.0386. The van der Waals surface area contributed by atoms with Crippen LogP contribution in [0, 0.1) is 12.8 Å². The van der Waals surface area contributed by atoms with Crippen molar-refractivity contribution in [2.75, 3.05) is 32.7 Å². The fourth-order valence-electron chi connectivity index (χ4n) is 7.14. The number of ether oxygens (including phenoxy) is 1. The van der Waals surface area contributed by atoms with E-state index in [1.807, 2.05) is 17.2 Å². The molecule has 7 nitrogen and oxygen atoms in total. The Bertz CT molecular complexity index is 898. The average Bonchev–Trinajstić information content (AvgIpc) is 3.44. The highest BCUT2D eigenvalue weighted by Gasteiger charge is 2.55. The summed E-state index contributed by atoms with van der Waals surface area (Å²) < 4.78 is 6.29. The Hall–Kier alpha value is -1.67. The summed E-state index contributed by atoms with van der Waals surface area (Å²) in [4.78, 5) is 37.0. The van der Waals surface area contributed by atoms with E-state index in [0.29, 0.717) is 17.7 Å². The molecular weight excluding hydrogens is 472 g/mol. The highest BCUT2D eigenvalue weighted by atomic mass is 32.1. The normalized spacial score (nSPS) is 26.1. The van der Waals surface area contributed by atoms with Crippen molar-refractivity contribution in [1.29, 1.82) is 0 Å². The third kappa shape index (κ3) is 5.45. The number of hydrogen-bond donors (Lipinski definition) is 0. The summed E-state index contributed by atoms with van der Waals surface area (Å²) in [5.41, 5.74) is 0.283. The van der Waals surface area contributed by atoms with Crippen molar-refractivity contribution in [3.05, 3.63) is 16.1 Å². The second-order valence-electron chi connectivity index (χ2n) is 11.6. The van der Waals surface area contributed by atoms with Crippen molar-refractivity contribution in [3.8, 4) is 0 Å². The van der Waals surface area contributed by atoms with Gasteiger partial charge in [-0.3, -0.25) is 9.69 Å². The van der Waals surface area contributed by atoms with Crippen molar-refractivity contribution < 1.29 is 14.3 Å². The van der Waals surface area contributed by atoms with Gasteiger partial charge in [-0.15, -0.1) is 11.3 Å². The number of aromatic nitrogens is 1. The second kappa shape index (κ2) is 11.4. The van der Waals surface area contributed by atoms with Crippen LogP contribution in [0.25, 0.3) is 0 Å². The molecule has 3 aliphatic heterocycles. The molecule has 8 heteroatoms. The number of rotatable bonds is 7. The molecule has 1 atom stereocenters. The van der Waals surface area contributed by atoms with Gasteiger partial charge < -0.3 is 14.5 Å². The van der Waals surface area contributed by atoms with Crippen LogP contribution in [0.5, 0.6) is 0 Å². The maximum atomic E-state index is 13.1. The number of hydrogen-bond acceptors (Lipinski definition) is 6. The van der Waals surface area contributed by atoms with E-state index in [9.17, 15) is 9.59 Å². The maximum Gasteiger partial charge on any atom is 0.410 e. The molecule has 1 aromatic heterocycles. The Morgan fingerprint density at radius 2 is 1.83 bits per heavy atom. The van der Waals surface area contributed by atoms with Gasteiger partial charge in [0.2, 0.25) is 0 Å². The Labute approximate surface area is 220 Å². The van der Waals surface area contributed by atoms with Gasteiger partial charge in [0.1, 0.15) is 11.3 Å². The summed E-state index contributed by atoms with van der Waals surface area (Å²) in [5.74, 6) is 0.719. The van der Waals surface area contributed by atoms with E-state index in [0.717, 1.165) is 82.7 Å². The molecule has 5 rings (SSSR count). The summed E-state index contributed by atoms with van der Waals surface area (Å²) in [7, 11) is 0. The first-order valence-corrected chi connectivity index (χ1v) is 15.3. The second-order valence-corrected chi connectivity index (χ2v) is 12.6. The molecule has 0 N–H and O–H groups in total. The molecule has 2 amide bonds. The quantitative estimate of drug-likeness (QED) is 0.480. The monoisotopic (exact) mass is 516 g/mol. The molecule has 200 valence electrons. The van der Waals surface area contributed by atoms with Crippen molar-refractivity contribution in [2.24, 2.45) is 5.92 Å². The number of carbonyl (C=O) groups excluding carboxylic acids is 2. The zero-order valence-electron chi connectivity index (χ0n) is 22.3. The minimum atomic E-state index is -0.309. The van der Waals surface area contributed by atoms with E-state index in [-0.39, 0.29) is 23.6 Å². The van der Waals surface area contributed by atoms with Crippen LogP contribution in [-0.2, 0) is 4.74 Å². The molecule has 4 fully saturated rings. The van der Waals surface area contributed by atoms with E-state index >= 15 is 0 Å². The van der Waals surface area contributed by atoms with Crippen molar-refractivity contribution in [2.45, 2.75) is 109 Å². The number of aryl methyl sites for hydroxylation is 1. The van der Waals surface area contributed by atoms with Crippen LogP contribution in [-0.4, -0.2) is 82.1 Å². The Morgan fingerprint density at radius 3 is 2.47 bits per heavy atom. The Morgan fingerprint density at radius 1 is 1.11 bits per heavy atom. The van der Waals surface area contributed by atoms with Crippen LogP contribution in [0.1, 0.15) is 99.5 Å². The number of unbranched alkanes of at least 4 members (excludes halogenated alkanes) is 1. The number of thiazole rings is 1. The van der Waals surface area contributed by atoms with E-state index in [1.165, 1.54) is 43.4 Å². The van der Waals surface area contributed by atoms with Gasteiger partial charge in [-0.25, -0.2) is 9.78 Å². The first-order chi connectivity index (χ1) is 17.5. The standard InChI is InChI=1S/C28H44N4O3S/c1-3-4-10-25-28(35-27(34)32(25)19-22-8-6-5-7-9-22)13-17-30(18-14-28)23-11-15-31(16-12-23)26(33)24-20-36-21(2)29-24/h20,22-23,25H,3-19H2,1-2H3. The molecule has 4 aliphatic rings. The predicted octanol–water partition coefficient (Wildman–Crippen LogP) is 5.48. The number of likely N-dealkylation sites (tertiary alicyclic amines) is 2. The van der Waals surface area contributed by atoms with E-state index < -0.39 is 0 Å². The van der Waals surface area contributed by atoms with Gasteiger partial charge in [0.25, 0.3) is 5.91 Å². The fourth-order valence-corrected chi connectivity index (χ4v) is 7.73. The smallest absolute Gasteiger partial charge is 0.410 e. The highest BCUT2D eigenvalue weighted by Crippen LogP contribution is 2.42. The lowest BCUT2D eigenvalue weighted by atomic mass is 9.80. The minimum absolute atomic E-state index is 0.0563. The third-order valence-electron chi connectivity index (χ3n) is 9.27. The lowest BCUT2D eigenvalue weighted by Crippen LogP contribution is -2.56. The van der Waals surface area contributed by atoms with Gasteiger partial charge in [0.05, 0.1) is 11.0 Å². The van der Waals surface area contributed by atoms with Crippen molar-refractivity contribution >= 4 is 23.3 Å².